The van der Waals surface area contributed by atoms with Gasteiger partial charge in [0.15, 0.2) is 0 Å². The minimum atomic E-state index is 0.324. The summed E-state index contributed by atoms with van der Waals surface area (Å²) in [6.07, 6.45) is 1.90. The van der Waals surface area contributed by atoms with E-state index in [0.717, 1.165) is 35.0 Å². The lowest BCUT2D eigenvalue weighted by molar-refractivity contribution is 0.931. The van der Waals surface area contributed by atoms with Gasteiger partial charge in [-0.1, -0.05) is 6.92 Å². The second kappa shape index (κ2) is 5.40. The average Bonchev–Trinajstić information content (AvgIpc) is 2.78. The van der Waals surface area contributed by atoms with E-state index in [0.29, 0.717) is 5.25 Å². The fraction of sp³-hybridized carbons (Fsp3) is 0.500. The molecule has 0 amide bonds. The number of fused-ring (bicyclic) bond motifs is 1. The summed E-state index contributed by atoms with van der Waals surface area (Å²) >= 11 is 1.86. The fourth-order valence-electron chi connectivity index (χ4n) is 1.77. The highest BCUT2D eigenvalue weighted by molar-refractivity contribution is 7.99. The summed E-state index contributed by atoms with van der Waals surface area (Å²) in [7, 11) is 0. The van der Waals surface area contributed by atoms with Gasteiger partial charge in [0.25, 0.3) is 0 Å². The highest BCUT2D eigenvalue weighted by Gasteiger charge is 2.13. The molecule has 2 rings (SSSR count). The first-order chi connectivity index (χ1) is 8.26. The van der Waals surface area contributed by atoms with E-state index in [2.05, 4.69) is 41.0 Å². The predicted molar refractivity (Wildman–Crippen MR) is 74.6 cm³/mol. The third kappa shape index (κ3) is 2.54. The molecule has 0 spiro atoms. The zero-order valence-corrected chi connectivity index (χ0v) is 11.3. The first-order valence-corrected chi connectivity index (χ1v) is 7.01. The molecule has 2 aromatic heterocycles. The molecule has 0 aliphatic heterocycles. The summed E-state index contributed by atoms with van der Waals surface area (Å²) in [6, 6.07) is 2.01. The van der Waals surface area contributed by atoms with Gasteiger partial charge in [0.2, 0.25) is 0 Å². The lowest BCUT2D eigenvalue weighted by Crippen LogP contribution is -2.05. The Labute approximate surface area is 106 Å². The van der Waals surface area contributed by atoms with Gasteiger partial charge in [-0.2, -0.15) is 11.8 Å². The van der Waals surface area contributed by atoms with Gasteiger partial charge in [0, 0.05) is 12.7 Å². The maximum absolute atomic E-state index is 4.62. The highest BCUT2D eigenvalue weighted by Crippen LogP contribution is 2.28. The molecule has 0 aromatic carbocycles. The van der Waals surface area contributed by atoms with E-state index in [1.165, 1.54) is 0 Å². The smallest absolute Gasteiger partial charge is 0.145 e. The predicted octanol–water partition coefficient (Wildman–Crippen LogP) is 3.20. The van der Waals surface area contributed by atoms with Crippen LogP contribution in [0.25, 0.3) is 11.0 Å². The molecule has 0 saturated heterocycles. The van der Waals surface area contributed by atoms with E-state index in [-0.39, 0.29) is 0 Å². The molecule has 0 bridgehead atoms. The molecular formula is C12H18N4S. The molecule has 1 unspecified atom stereocenters. The third-order valence-corrected chi connectivity index (χ3v) is 3.60. The van der Waals surface area contributed by atoms with Crippen LogP contribution in [0.1, 0.15) is 31.8 Å². The molecule has 2 heterocycles. The monoisotopic (exact) mass is 250 g/mol. The maximum Gasteiger partial charge on any atom is 0.145 e. The van der Waals surface area contributed by atoms with Crippen molar-refractivity contribution in [3.05, 3.63) is 18.1 Å². The zero-order chi connectivity index (χ0) is 12.3. The number of thioether (sulfide) groups is 1. The van der Waals surface area contributed by atoms with Crippen LogP contribution in [0.5, 0.6) is 0 Å². The maximum atomic E-state index is 4.62. The Morgan fingerprint density at radius 2 is 2.24 bits per heavy atom. The van der Waals surface area contributed by atoms with Crippen LogP contribution < -0.4 is 5.32 Å². The van der Waals surface area contributed by atoms with Crippen LogP contribution >= 0.6 is 11.8 Å². The van der Waals surface area contributed by atoms with Crippen LogP contribution in [0.2, 0.25) is 0 Å². The molecule has 0 aliphatic carbocycles. The summed E-state index contributed by atoms with van der Waals surface area (Å²) in [6.45, 7) is 7.24. The van der Waals surface area contributed by atoms with Crippen molar-refractivity contribution in [2.45, 2.75) is 26.0 Å². The molecular weight excluding hydrogens is 232 g/mol. The second-order valence-electron chi connectivity index (χ2n) is 3.80. The minimum Gasteiger partial charge on any atom is -0.370 e. The Balaban J connectivity index is 2.43. The number of hydrogen-bond donors (Lipinski definition) is 2. The normalized spacial score (nSPS) is 12.9. The van der Waals surface area contributed by atoms with Gasteiger partial charge in [-0.15, -0.1) is 0 Å². The van der Waals surface area contributed by atoms with Crippen molar-refractivity contribution in [3.8, 4) is 0 Å². The Morgan fingerprint density at radius 1 is 1.41 bits per heavy atom. The highest BCUT2D eigenvalue weighted by atomic mass is 32.2. The molecule has 17 heavy (non-hydrogen) atoms. The van der Waals surface area contributed by atoms with Gasteiger partial charge in [0.1, 0.15) is 17.3 Å². The van der Waals surface area contributed by atoms with E-state index in [1.807, 2.05) is 24.0 Å². The summed E-state index contributed by atoms with van der Waals surface area (Å²) in [4.78, 5) is 12.3. The first kappa shape index (κ1) is 12.2. The van der Waals surface area contributed by atoms with Gasteiger partial charge in [-0.05, 0) is 25.7 Å². The van der Waals surface area contributed by atoms with Crippen molar-refractivity contribution in [2.24, 2.45) is 0 Å². The van der Waals surface area contributed by atoms with Crippen LogP contribution in [0.15, 0.2) is 12.3 Å². The third-order valence-electron chi connectivity index (χ3n) is 2.56. The first-order valence-electron chi connectivity index (χ1n) is 5.96. The van der Waals surface area contributed by atoms with E-state index in [4.69, 9.17) is 0 Å². The van der Waals surface area contributed by atoms with Gasteiger partial charge >= 0.3 is 0 Å². The average molecular weight is 250 g/mol. The lowest BCUT2D eigenvalue weighted by Gasteiger charge is -2.11. The number of nitrogens with one attached hydrogen (secondary N) is 2. The number of anilines is 1. The van der Waals surface area contributed by atoms with Crippen LogP contribution in [0, 0.1) is 0 Å². The standard InChI is InChI=1S/C12H18N4S/c1-4-13-11-9-6-7-14-12(9)16-10(15-11)8(3)17-5-2/h6-8H,4-5H2,1-3H3,(H2,13,14,15,16). The number of nitrogens with zero attached hydrogens (tertiary/aromatic N) is 2. The van der Waals surface area contributed by atoms with E-state index < -0.39 is 0 Å². The Morgan fingerprint density at radius 3 is 2.94 bits per heavy atom. The molecule has 0 fully saturated rings. The summed E-state index contributed by atoms with van der Waals surface area (Å²) in [5.41, 5.74) is 0.912. The summed E-state index contributed by atoms with van der Waals surface area (Å²) in [5.74, 6) is 2.89. The molecule has 0 saturated carbocycles. The number of hydrogen-bond acceptors (Lipinski definition) is 4. The zero-order valence-electron chi connectivity index (χ0n) is 10.4. The molecule has 4 nitrogen and oxygen atoms in total. The number of rotatable bonds is 5. The van der Waals surface area contributed by atoms with E-state index >= 15 is 0 Å². The summed E-state index contributed by atoms with van der Waals surface area (Å²) < 4.78 is 0. The molecule has 5 heteroatoms. The molecule has 0 aliphatic rings. The van der Waals surface area contributed by atoms with E-state index in [9.17, 15) is 0 Å². The fourth-order valence-corrected chi connectivity index (χ4v) is 2.52. The Bertz CT molecular complexity index is 494. The quantitative estimate of drug-likeness (QED) is 0.855. The van der Waals surface area contributed by atoms with Gasteiger partial charge in [-0.3, -0.25) is 0 Å². The van der Waals surface area contributed by atoms with Crippen molar-refractivity contribution in [2.75, 3.05) is 17.6 Å². The van der Waals surface area contributed by atoms with Crippen molar-refractivity contribution in [1.82, 2.24) is 15.0 Å². The molecule has 1 atom stereocenters. The Hall–Kier alpha value is -1.23. The van der Waals surface area contributed by atoms with Gasteiger partial charge < -0.3 is 10.3 Å². The van der Waals surface area contributed by atoms with Crippen LogP contribution in [-0.4, -0.2) is 27.2 Å². The SMILES string of the molecule is CCNc1nc(C(C)SCC)nc2[nH]ccc12. The molecule has 0 radical (unpaired) electrons. The van der Waals surface area contributed by atoms with Crippen LogP contribution in [0.3, 0.4) is 0 Å². The number of H-pyrrole nitrogens is 1. The van der Waals surface area contributed by atoms with Crippen molar-refractivity contribution < 1.29 is 0 Å². The second-order valence-corrected chi connectivity index (χ2v) is 5.42. The van der Waals surface area contributed by atoms with Crippen LogP contribution in [0.4, 0.5) is 5.82 Å². The van der Waals surface area contributed by atoms with Crippen molar-refractivity contribution in [3.63, 3.8) is 0 Å². The van der Waals surface area contributed by atoms with Crippen LogP contribution in [-0.2, 0) is 0 Å². The molecule has 2 aromatic rings. The number of aromatic amines is 1. The van der Waals surface area contributed by atoms with Gasteiger partial charge in [-0.25, -0.2) is 9.97 Å². The van der Waals surface area contributed by atoms with Crippen molar-refractivity contribution in [1.29, 1.82) is 0 Å². The number of aromatic nitrogens is 3. The summed E-state index contributed by atoms with van der Waals surface area (Å²) in [5, 5.41) is 4.68. The minimum absolute atomic E-state index is 0.324. The van der Waals surface area contributed by atoms with E-state index in [1.54, 1.807) is 0 Å². The molecule has 2 N–H and O–H groups in total. The largest absolute Gasteiger partial charge is 0.370 e. The Kier molecular flexibility index (Phi) is 3.89. The topological polar surface area (TPSA) is 53.6 Å². The van der Waals surface area contributed by atoms with Gasteiger partial charge in [0.05, 0.1) is 10.6 Å². The lowest BCUT2D eigenvalue weighted by atomic mass is 10.3. The van der Waals surface area contributed by atoms with Crippen molar-refractivity contribution >= 4 is 28.6 Å². The molecule has 92 valence electrons.